The highest BCUT2D eigenvalue weighted by Crippen LogP contribution is 2.08. The highest BCUT2D eigenvalue weighted by Gasteiger charge is 2.29. The Kier molecular flexibility index (Phi) is 9.13. The van der Waals surface area contributed by atoms with E-state index in [0.717, 1.165) is 18.5 Å². The molecule has 0 spiro atoms. The van der Waals surface area contributed by atoms with Crippen LogP contribution in [-0.2, 0) is 25.6 Å². The lowest BCUT2D eigenvalue weighted by Crippen LogP contribution is -2.57. The SMILES string of the molecule is CC(NC(=O)C(Cc1ccccc1)NC(=O)C1CCCN1)C(=O)NC(CS)C(=O)O. The first-order valence-corrected chi connectivity index (χ1v) is 10.5. The Bertz CT molecular complexity index is 755. The average Bonchev–Trinajstić information content (AvgIpc) is 3.26. The van der Waals surface area contributed by atoms with Crippen LogP contribution in [0.3, 0.4) is 0 Å². The lowest BCUT2D eigenvalue weighted by atomic mass is 10.0. The summed E-state index contributed by atoms with van der Waals surface area (Å²) in [5.41, 5.74) is 0.857. The van der Waals surface area contributed by atoms with Crippen molar-refractivity contribution in [2.24, 2.45) is 0 Å². The molecule has 4 unspecified atom stereocenters. The van der Waals surface area contributed by atoms with E-state index >= 15 is 0 Å². The first-order chi connectivity index (χ1) is 14.3. The van der Waals surface area contributed by atoms with Crippen molar-refractivity contribution in [2.45, 2.75) is 50.4 Å². The van der Waals surface area contributed by atoms with Crippen LogP contribution in [0.25, 0.3) is 0 Å². The van der Waals surface area contributed by atoms with E-state index in [1.54, 1.807) is 0 Å². The Morgan fingerprint density at radius 3 is 2.37 bits per heavy atom. The molecule has 1 aromatic carbocycles. The van der Waals surface area contributed by atoms with Crippen molar-refractivity contribution in [1.29, 1.82) is 0 Å². The van der Waals surface area contributed by atoms with Crippen LogP contribution in [0.2, 0.25) is 0 Å². The number of carboxylic acids is 1. The molecule has 5 N–H and O–H groups in total. The number of thiol groups is 1. The van der Waals surface area contributed by atoms with E-state index in [1.165, 1.54) is 6.92 Å². The van der Waals surface area contributed by atoms with Crippen LogP contribution in [0.15, 0.2) is 30.3 Å². The Morgan fingerprint density at radius 2 is 1.80 bits per heavy atom. The van der Waals surface area contributed by atoms with Crippen LogP contribution in [0.4, 0.5) is 0 Å². The number of hydrogen-bond acceptors (Lipinski definition) is 6. The third kappa shape index (κ3) is 7.03. The molecule has 0 aliphatic carbocycles. The monoisotopic (exact) mass is 436 g/mol. The fourth-order valence-electron chi connectivity index (χ4n) is 3.10. The van der Waals surface area contributed by atoms with E-state index in [4.69, 9.17) is 5.11 Å². The molecule has 1 saturated heterocycles. The van der Waals surface area contributed by atoms with E-state index in [0.29, 0.717) is 6.42 Å². The van der Waals surface area contributed by atoms with Gasteiger partial charge in [0.05, 0.1) is 6.04 Å². The fraction of sp³-hybridized carbons (Fsp3) is 0.500. The number of benzene rings is 1. The van der Waals surface area contributed by atoms with Gasteiger partial charge in [-0.25, -0.2) is 4.79 Å². The van der Waals surface area contributed by atoms with Crippen LogP contribution in [0.5, 0.6) is 0 Å². The zero-order valence-electron chi connectivity index (χ0n) is 16.8. The summed E-state index contributed by atoms with van der Waals surface area (Å²) in [5.74, 6) is -2.72. The molecule has 9 nitrogen and oxygen atoms in total. The van der Waals surface area contributed by atoms with Crippen LogP contribution in [0, 0.1) is 0 Å². The van der Waals surface area contributed by atoms with Crippen LogP contribution >= 0.6 is 12.6 Å². The normalized spacial score (nSPS) is 18.7. The molecule has 164 valence electrons. The molecule has 10 heteroatoms. The first kappa shape index (κ1) is 23.7. The Labute approximate surface area is 180 Å². The van der Waals surface area contributed by atoms with Crippen molar-refractivity contribution in [3.8, 4) is 0 Å². The Hall–Kier alpha value is -2.59. The predicted octanol–water partition coefficient (Wildman–Crippen LogP) is -0.530. The summed E-state index contributed by atoms with van der Waals surface area (Å²) in [5, 5.41) is 19.8. The summed E-state index contributed by atoms with van der Waals surface area (Å²) in [4.78, 5) is 48.7. The van der Waals surface area contributed by atoms with E-state index in [1.807, 2.05) is 30.3 Å². The van der Waals surface area contributed by atoms with Gasteiger partial charge in [-0.3, -0.25) is 14.4 Å². The van der Waals surface area contributed by atoms with Gasteiger partial charge in [0.25, 0.3) is 0 Å². The fourth-order valence-corrected chi connectivity index (χ4v) is 3.35. The number of nitrogens with one attached hydrogen (secondary N) is 4. The predicted molar refractivity (Wildman–Crippen MR) is 114 cm³/mol. The average molecular weight is 437 g/mol. The van der Waals surface area contributed by atoms with Crippen molar-refractivity contribution < 1.29 is 24.3 Å². The minimum Gasteiger partial charge on any atom is -0.480 e. The molecular formula is C20H28N4O5S. The first-order valence-electron chi connectivity index (χ1n) is 9.84. The lowest BCUT2D eigenvalue weighted by molar-refractivity contribution is -0.141. The number of amides is 3. The Morgan fingerprint density at radius 1 is 1.10 bits per heavy atom. The molecule has 1 heterocycles. The van der Waals surface area contributed by atoms with Gasteiger partial charge >= 0.3 is 5.97 Å². The maximum atomic E-state index is 12.8. The lowest BCUT2D eigenvalue weighted by Gasteiger charge is -2.23. The van der Waals surface area contributed by atoms with Gasteiger partial charge in [-0.1, -0.05) is 30.3 Å². The molecule has 0 aromatic heterocycles. The van der Waals surface area contributed by atoms with Gasteiger partial charge in [-0.15, -0.1) is 0 Å². The molecule has 1 aliphatic rings. The van der Waals surface area contributed by atoms with E-state index in [9.17, 15) is 19.2 Å². The molecule has 1 aromatic rings. The molecule has 4 atom stereocenters. The Balaban J connectivity index is 2.04. The number of hydrogen-bond donors (Lipinski definition) is 6. The zero-order chi connectivity index (χ0) is 22.1. The van der Waals surface area contributed by atoms with E-state index < -0.39 is 35.9 Å². The highest BCUT2D eigenvalue weighted by molar-refractivity contribution is 7.80. The summed E-state index contributed by atoms with van der Waals surface area (Å²) in [6, 6.07) is 5.86. The minimum atomic E-state index is -1.21. The van der Waals surface area contributed by atoms with E-state index in [2.05, 4.69) is 33.9 Å². The second-order valence-electron chi connectivity index (χ2n) is 7.21. The van der Waals surface area contributed by atoms with Gasteiger partial charge < -0.3 is 26.4 Å². The summed E-state index contributed by atoms with van der Waals surface area (Å²) >= 11 is 3.90. The minimum absolute atomic E-state index is 0.0805. The summed E-state index contributed by atoms with van der Waals surface area (Å²) in [6.45, 7) is 2.20. The largest absolute Gasteiger partial charge is 0.480 e. The van der Waals surface area contributed by atoms with Crippen molar-refractivity contribution in [3.63, 3.8) is 0 Å². The number of aliphatic carboxylic acids is 1. The van der Waals surface area contributed by atoms with Gasteiger partial charge in [0.1, 0.15) is 18.1 Å². The van der Waals surface area contributed by atoms with Crippen LogP contribution < -0.4 is 21.3 Å². The summed E-state index contributed by atoms with van der Waals surface area (Å²) < 4.78 is 0. The van der Waals surface area contributed by atoms with Gasteiger partial charge in [-0.2, -0.15) is 12.6 Å². The maximum Gasteiger partial charge on any atom is 0.327 e. The van der Waals surface area contributed by atoms with Crippen LogP contribution in [0.1, 0.15) is 25.3 Å². The van der Waals surface area contributed by atoms with Crippen molar-refractivity contribution in [2.75, 3.05) is 12.3 Å². The smallest absolute Gasteiger partial charge is 0.327 e. The van der Waals surface area contributed by atoms with Gasteiger partial charge in [0.15, 0.2) is 0 Å². The van der Waals surface area contributed by atoms with Crippen molar-refractivity contribution in [1.82, 2.24) is 21.3 Å². The third-order valence-electron chi connectivity index (χ3n) is 4.84. The summed E-state index contributed by atoms with van der Waals surface area (Å²) in [7, 11) is 0. The van der Waals surface area contributed by atoms with Gasteiger partial charge in [0.2, 0.25) is 17.7 Å². The third-order valence-corrected chi connectivity index (χ3v) is 5.21. The molecule has 0 saturated carbocycles. The number of rotatable bonds is 10. The number of carbonyl (C=O) groups excluding carboxylic acids is 3. The quantitative estimate of drug-likeness (QED) is 0.273. The molecule has 30 heavy (non-hydrogen) atoms. The topological polar surface area (TPSA) is 137 Å². The molecule has 0 bridgehead atoms. The molecule has 2 rings (SSSR count). The zero-order valence-corrected chi connectivity index (χ0v) is 17.7. The summed E-state index contributed by atoms with van der Waals surface area (Å²) in [6.07, 6.45) is 1.85. The van der Waals surface area contributed by atoms with Crippen molar-refractivity contribution in [3.05, 3.63) is 35.9 Å². The van der Waals surface area contributed by atoms with E-state index in [-0.39, 0.29) is 24.1 Å². The van der Waals surface area contributed by atoms with Gasteiger partial charge in [0, 0.05) is 12.2 Å². The molecule has 0 radical (unpaired) electrons. The molecule has 3 amide bonds. The van der Waals surface area contributed by atoms with Crippen LogP contribution in [-0.4, -0.2) is 65.3 Å². The second kappa shape index (κ2) is 11.6. The number of carbonyl (C=O) groups is 4. The standard InChI is InChI=1S/C20H28N4O5S/c1-12(17(25)24-16(11-30)20(28)29)22-19(27)15(10-13-6-3-2-4-7-13)23-18(26)14-8-5-9-21-14/h2-4,6-7,12,14-16,21,30H,5,8-11H2,1H3,(H,22,27)(H,23,26)(H,24,25)(H,28,29). The highest BCUT2D eigenvalue weighted by atomic mass is 32.1. The molecular weight excluding hydrogens is 408 g/mol. The van der Waals surface area contributed by atoms with Gasteiger partial charge in [-0.05, 0) is 31.9 Å². The van der Waals surface area contributed by atoms with Crippen molar-refractivity contribution >= 4 is 36.3 Å². The number of carboxylic acid groups (broad SMARTS) is 1. The molecule has 1 fully saturated rings. The molecule has 1 aliphatic heterocycles. The maximum absolute atomic E-state index is 12.8. The second-order valence-corrected chi connectivity index (χ2v) is 7.58.